The van der Waals surface area contributed by atoms with Crippen LogP contribution in [0.5, 0.6) is 0 Å². The number of nitrogens with zero attached hydrogens (tertiary/aromatic N) is 6. The van der Waals surface area contributed by atoms with Gasteiger partial charge in [0, 0.05) is 31.0 Å². The molecule has 67 heavy (non-hydrogen) atoms. The van der Waals surface area contributed by atoms with Crippen molar-refractivity contribution >= 4 is 55.2 Å². The molecule has 5 aromatic carbocycles. The minimum atomic E-state index is -3.92. The number of aromatic nitrogens is 6. The third-order valence-electron chi connectivity index (χ3n) is 12.1. The fraction of sp³-hybridized carbons (Fsp3) is 0.213. The number of nitrogens with one attached hydrogen (secondary N) is 2. The predicted molar refractivity (Wildman–Crippen MR) is 239 cm³/mol. The van der Waals surface area contributed by atoms with Crippen molar-refractivity contribution in [1.82, 2.24) is 34.4 Å². The summed E-state index contributed by atoms with van der Waals surface area (Å²) in [6.45, 7) is -0.980. The van der Waals surface area contributed by atoms with E-state index in [0.717, 1.165) is 39.6 Å². The van der Waals surface area contributed by atoms with Crippen molar-refractivity contribution in [2.45, 2.75) is 43.7 Å². The molecule has 3 atom stereocenters. The minimum Gasteiger partial charge on any atom is -0.344 e. The number of benzene rings is 5. The molecular formula is C47H35ClF6N8O4S. The summed E-state index contributed by atoms with van der Waals surface area (Å²) in [6.07, 6.45) is -2.76. The summed E-state index contributed by atoms with van der Waals surface area (Å²) >= 11 is 6.67. The second-order valence-corrected chi connectivity index (χ2v) is 18.9. The molecule has 2 aliphatic carbocycles. The molecule has 10 rings (SSSR count). The Kier molecular flexibility index (Phi) is 10.6. The molecule has 8 aromatic rings. The average Bonchev–Trinajstić information content (AvgIpc) is 3.81. The summed E-state index contributed by atoms with van der Waals surface area (Å²) in [5.74, 6) is -8.99. The van der Waals surface area contributed by atoms with Crippen LogP contribution in [0.1, 0.15) is 53.1 Å². The highest BCUT2D eigenvalue weighted by molar-refractivity contribution is 7.92. The number of carbonyl (C=O) groups excluding carboxylic acids is 1. The summed E-state index contributed by atoms with van der Waals surface area (Å²) in [7, 11) is -2.45. The van der Waals surface area contributed by atoms with Gasteiger partial charge >= 0.3 is 0 Å². The van der Waals surface area contributed by atoms with Crippen LogP contribution in [0.25, 0.3) is 49.7 Å². The lowest BCUT2D eigenvalue weighted by Gasteiger charge is -2.24. The van der Waals surface area contributed by atoms with E-state index in [4.69, 9.17) is 16.6 Å². The first-order valence-corrected chi connectivity index (χ1v) is 23.0. The van der Waals surface area contributed by atoms with Gasteiger partial charge in [-0.05, 0) is 76.6 Å². The molecule has 3 heterocycles. The number of rotatable bonds is 12. The first kappa shape index (κ1) is 43.9. The number of halogens is 7. The molecule has 0 bridgehead atoms. The van der Waals surface area contributed by atoms with Crippen LogP contribution in [0.3, 0.4) is 0 Å². The average molecular weight is 957 g/mol. The fourth-order valence-electron chi connectivity index (χ4n) is 9.25. The van der Waals surface area contributed by atoms with Gasteiger partial charge in [-0.3, -0.25) is 28.2 Å². The molecule has 2 N–H and O–H groups in total. The fourth-order valence-corrected chi connectivity index (χ4v) is 9.98. The zero-order valence-corrected chi connectivity index (χ0v) is 36.7. The van der Waals surface area contributed by atoms with Crippen LogP contribution < -0.4 is 15.6 Å². The summed E-state index contributed by atoms with van der Waals surface area (Å²) < 4.78 is 119. The Morgan fingerprint density at radius 1 is 0.896 bits per heavy atom. The van der Waals surface area contributed by atoms with Gasteiger partial charge in [0.1, 0.15) is 35.4 Å². The molecule has 1 saturated carbocycles. The highest BCUT2D eigenvalue weighted by Gasteiger charge is 2.67. The van der Waals surface area contributed by atoms with Gasteiger partial charge in [0.15, 0.2) is 5.82 Å². The van der Waals surface area contributed by atoms with E-state index >= 15 is 13.6 Å². The van der Waals surface area contributed by atoms with Crippen LogP contribution in [0.4, 0.5) is 32.2 Å². The van der Waals surface area contributed by atoms with Crippen molar-refractivity contribution in [1.29, 1.82) is 0 Å². The van der Waals surface area contributed by atoms with Gasteiger partial charge in [-0.1, -0.05) is 72.3 Å². The molecule has 3 aromatic heterocycles. The van der Waals surface area contributed by atoms with Crippen LogP contribution in [0.2, 0.25) is 5.02 Å². The molecule has 20 heteroatoms. The Morgan fingerprint density at radius 2 is 1.55 bits per heavy atom. The topological polar surface area (TPSA) is 146 Å². The number of carbonyl (C=O) groups is 1. The lowest BCUT2D eigenvalue weighted by Crippen LogP contribution is -2.38. The Balaban J connectivity index is 1.16. The molecule has 1 fully saturated rings. The van der Waals surface area contributed by atoms with Crippen molar-refractivity contribution in [2.75, 3.05) is 11.0 Å². The smallest absolute Gasteiger partial charge is 0.293 e. The van der Waals surface area contributed by atoms with E-state index in [-0.39, 0.29) is 61.7 Å². The summed E-state index contributed by atoms with van der Waals surface area (Å²) in [6, 6.07) is 26.2. The third-order valence-corrected chi connectivity index (χ3v) is 13.0. The number of alkyl halides is 4. The van der Waals surface area contributed by atoms with E-state index < -0.39 is 87.7 Å². The number of amides is 1. The number of fused-ring (bicyclic) bond motifs is 5. The van der Waals surface area contributed by atoms with Crippen molar-refractivity contribution in [3.63, 3.8) is 0 Å². The molecular weight excluding hydrogens is 922 g/mol. The highest BCUT2D eigenvalue weighted by atomic mass is 35.5. The van der Waals surface area contributed by atoms with Crippen LogP contribution in [0, 0.1) is 17.6 Å². The Morgan fingerprint density at radius 3 is 2.22 bits per heavy atom. The third kappa shape index (κ3) is 7.88. The van der Waals surface area contributed by atoms with E-state index in [1.165, 1.54) is 23.9 Å². The first-order valence-electron chi connectivity index (χ1n) is 20.7. The maximum absolute atomic E-state index is 15.6. The number of aryl methyl sites for hydroxylation is 1. The quantitative estimate of drug-likeness (QED) is 0.116. The van der Waals surface area contributed by atoms with Crippen molar-refractivity contribution in [3.8, 4) is 27.9 Å². The molecule has 0 spiro atoms. The van der Waals surface area contributed by atoms with Crippen molar-refractivity contribution in [3.05, 3.63) is 158 Å². The second-order valence-electron chi connectivity index (χ2n) is 16.7. The van der Waals surface area contributed by atoms with Gasteiger partial charge in [0.05, 0.1) is 44.8 Å². The highest BCUT2D eigenvalue weighted by Crippen LogP contribution is 2.68. The molecule has 2 aliphatic rings. The molecule has 342 valence electrons. The molecule has 0 radical (unpaired) electrons. The van der Waals surface area contributed by atoms with Crippen molar-refractivity contribution in [2.24, 2.45) is 13.0 Å². The first-order chi connectivity index (χ1) is 31.9. The monoisotopic (exact) mass is 956 g/mol. The lowest BCUT2D eigenvalue weighted by atomic mass is 9.99. The Hall–Kier alpha value is -6.99. The number of anilines is 1. The lowest BCUT2D eigenvalue weighted by molar-refractivity contribution is -0.123. The van der Waals surface area contributed by atoms with Gasteiger partial charge in [-0.2, -0.15) is 19.0 Å². The number of hydrogen-bond donors (Lipinski definition) is 2. The minimum absolute atomic E-state index is 0.00378. The summed E-state index contributed by atoms with van der Waals surface area (Å²) in [4.78, 5) is 34.4. The largest absolute Gasteiger partial charge is 0.344 e. The van der Waals surface area contributed by atoms with Gasteiger partial charge in [0.2, 0.25) is 15.9 Å². The Bertz CT molecular complexity index is 3490. The molecule has 1 amide bonds. The molecule has 0 aliphatic heterocycles. The normalized spacial score (nSPS) is 16.6. The van der Waals surface area contributed by atoms with Crippen LogP contribution in [-0.2, 0) is 40.8 Å². The zero-order chi connectivity index (χ0) is 47.3. The standard InChI is InChI=1S/C47H35ClF6N8O4S/c1-60-41-36(15-14-33(48)39(41)44(58-60)59-67(2,65)66)62-45(56-34-19-27(12-13-30(34)46(62)64)26-10-8-25(9-11-26)24-6-4-3-5-7-24)35(18-23-16-28(49)20-29(50)17-23)55-37(63)22-61-42-38(40(57-61)43(51)52)31-21-32(31)47(42,53)54/h3-17,19-20,31-32,35,43H,18,21-22H2,1-2H3,(H,55,63)(H,58,59)/t31-,32+,35-/m0/s1. The number of sulfonamides is 1. The van der Waals surface area contributed by atoms with E-state index in [1.54, 1.807) is 18.2 Å². The zero-order valence-electron chi connectivity index (χ0n) is 35.1. The maximum atomic E-state index is 15.6. The molecule has 0 saturated heterocycles. The van der Waals surface area contributed by atoms with E-state index in [1.807, 2.05) is 54.6 Å². The van der Waals surface area contributed by atoms with Gasteiger partial charge < -0.3 is 5.32 Å². The summed E-state index contributed by atoms with van der Waals surface area (Å²) in [5, 5.41) is 11.0. The van der Waals surface area contributed by atoms with E-state index in [0.29, 0.717) is 16.3 Å². The second kappa shape index (κ2) is 16.1. The van der Waals surface area contributed by atoms with Gasteiger partial charge in [0.25, 0.3) is 17.9 Å². The summed E-state index contributed by atoms with van der Waals surface area (Å²) in [5.41, 5.74) is 0.929. The molecule has 0 unspecified atom stereocenters. The maximum Gasteiger partial charge on any atom is 0.293 e. The van der Waals surface area contributed by atoms with Crippen LogP contribution in [0.15, 0.2) is 108 Å². The SMILES string of the molecule is Cn1nc(NS(C)(=O)=O)c2c(Cl)ccc(-n3c([C@H](Cc4cc(F)cc(F)c4)NC(=O)Cn4nc(C(F)F)c5c4C(F)(F)[C@@H]4C[C@H]54)nc4cc(-c5ccc(-c6ccccc6)cc5)ccc4c3=O)c21. The predicted octanol–water partition coefficient (Wildman–Crippen LogP) is 9.35. The number of hydrogen-bond acceptors (Lipinski definition) is 7. The Labute approximate surface area is 381 Å². The van der Waals surface area contributed by atoms with Gasteiger partial charge in [-0.25, -0.2) is 31.0 Å². The van der Waals surface area contributed by atoms with E-state index in [2.05, 4.69) is 20.2 Å². The molecule has 12 nitrogen and oxygen atoms in total. The van der Waals surface area contributed by atoms with Gasteiger partial charge in [-0.15, -0.1) is 0 Å². The van der Waals surface area contributed by atoms with Crippen molar-refractivity contribution < 1.29 is 39.6 Å². The van der Waals surface area contributed by atoms with Crippen LogP contribution in [-0.4, -0.2) is 49.7 Å². The van der Waals surface area contributed by atoms with Crippen LogP contribution >= 0.6 is 11.6 Å². The van der Waals surface area contributed by atoms with E-state index in [9.17, 15) is 30.8 Å².